The predicted molar refractivity (Wildman–Crippen MR) is 74.9 cm³/mol. The van der Waals surface area contributed by atoms with E-state index in [9.17, 15) is 4.79 Å². The number of nitrogens with two attached hydrogens (primary N) is 1. The fourth-order valence-electron chi connectivity index (χ4n) is 2.99. The monoisotopic (exact) mass is 269 g/mol. The molecular formula is C14H27N3O2. The van der Waals surface area contributed by atoms with Crippen LogP contribution in [0.2, 0.25) is 0 Å². The molecule has 1 unspecified atom stereocenters. The van der Waals surface area contributed by atoms with Gasteiger partial charge in [0.05, 0.1) is 18.8 Å². The van der Waals surface area contributed by atoms with Crippen LogP contribution in [-0.2, 0) is 9.53 Å². The minimum atomic E-state index is -0.627. The summed E-state index contributed by atoms with van der Waals surface area (Å²) in [5.74, 6) is 0.0351. The second kappa shape index (κ2) is 6.68. The number of ether oxygens (including phenoxy) is 1. The summed E-state index contributed by atoms with van der Waals surface area (Å²) >= 11 is 0. The highest BCUT2D eigenvalue weighted by atomic mass is 16.5. The minimum absolute atomic E-state index is 0.0351. The maximum atomic E-state index is 12.3. The Morgan fingerprint density at radius 3 is 2.58 bits per heavy atom. The first-order valence-electron chi connectivity index (χ1n) is 7.50. The Labute approximate surface area is 115 Å². The third-order valence-corrected chi connectivity index (χ3v) is 4.21. The molecule has 19 heavy (non-hydrogen) atoms. The van der Waals surface area contributed by atoms with Crippen LogP contribution >= 0.6 is 0 Å². The van der Waals surface area contributed by atoms with E-state index in [1.165, 1.54) is 6.42 Å². The van der Waals surface area contributed by atoms with Gasteiger partial charge in [-0.05, 0) is 19.8 Å². The summed E-state index contributed by atoms with van der Waals surface area (Å²) in [5, 5.41) is 3.09. The number of rotatable bonds is 4. The molecule has 0 aromatic carbocycles. The molecule has 0 aromatic rings. The smallest absolute Gasteiger partial charge is 0.240 e. The van der Waals surface area contributed by atoms with Crippen LogP contribution in [0.1, 0.15) is 39.0 Å². The van der Waals surface area contributed by atoms with Gasteiger partial charge >= 0.3 is 0 Å². The fraction of sp³-hybridized carbons (Fsp3) is 0.929. The molecule has 5 heteroatoms. The standard InChI is InChI=1S/C14H27N3O2/c1-12(11-17-7-9-19-10-8-17)16-13(18)14(15)5-3-2-4-6-14/h12H,2-11,15H2,1H3,(H,16,18). The molecule has 1 saturated carbocycles. The maximum absolute atomic E-state index is 12.3. The van der Waals surface area contributed by atoms with Gasteiger partial charge in [0.2, 0.25) is 5.91 Å². The lowest BCUT2D eigenvalue weighted by molar-refractivity contribution is -0.128. The van der Waals surface area contributed by atoms with Gasteiger partial charge in [-0.2, -0.15) is 0 Å². The van der Waals surface area contributed by atoms with Crippen molar-refractivity contribution in [3.8, 4) is 0 Å². The first-order valence-corrected chi connectivity index (χ1v) is 7.50. The van der Waals surface area contributed by atoms with Crippen LogP contribution in [0.25, 0.3) is 0 Å². The van der Waals surface area contributed by atoms with E-state index in [0.717, 1.165) is 58.5 Å². The van der Waals surface area contributed by atoms with Gasteiger partial charge in [-0.3, -0.25) is 9.69 Å². The SMILES string of the molecule is CC(CN1CCOCC1)NC(=O)C1(N)CCCCC1. The molecule has 1 amide bonds. The normalized spacial score (nSPS) is 25.8. The van der Waals surface area contributed by atoms with Gasteiger partial charge in [-0.15, -0.1) is 0 Å². The number of hydrogen-bond donors (Lipinski definition) is 2. The number of hydrogen-bond acceptors (Lipinski definition) is 4. The second-order valence-electron chi connectivity index (χ2n) is 6.00. The number of nitrogens with one attached hydrogen (secondary N) is 1. The molecule has 2 aliphatic rings. The van der Waals surface area contributed by atoms with Crippen molar-refractivity contribution in [1.82, 2.24) is 10.2 Å². The zero-order valence-electron chi connectivity index (χ0n) is 12.0. The Balaban J connectivity index is 1.77. The average Bonchev–Trinajstić information content (AvgIpc) is 2.40. The molecule has 0 bridgehead atoms. The Morgan fingerprint density at radius 1 is 1.32 bits per heavy atom. The molecule has 0 radical (unpaired) electrons. The quantitative estimate of drug-likeness (QED) is 0.779. The number of nitrogens with zero attached hydrogens (tertiary/aromatic N) is 1. The highest BCUT2D eigenvalue weighted by molar-refractivity contribution is 5.86. The fourth-order valence-corrected chi connectivity index (χ4v) is 2.99. The zero-order chi connectivity index (χ0) is 13.7. The zero-order valence-corrected chi connectivity index (χ0v) is 12.0. The van der Waals surface area contributed by atoms with Gasteiger partial charge in [0.15, 0.2) is 0 Å². The molecule has 110 valence electrons. The summed E-state index contributed by atoms with van der Waals surface area (Å²) in [6.45, 7) is 6.43. The number of carbonyl (C=O) groups is 1. The Morgan fingerprint density at radius 2 is 1.95 bits per heavy atom. The molecular weight excluding hydrogens is 242 g/mol. The van der Waals surface area contributed by atoms with E-state index in [1.807, 2.05) is 0 Å². The van der Waals surface area contributed by atoms with Crippen molar-refractivity contribution in [2.24, 2.45) is 5.73 Å². The third kappa shape index (κ3) is 4.16. The minimum Gasteiger partial charge on any atom is -0.379 e. The van der Waals surface area contributed by atoms with Crippen molar-refractivity contribution in [1.29, 1.82) is 0 Å². The Bertz CT molecular complexity index is 297. The molecule has 5 nitrogen and oxygen atoms in total. The van der Waals surface area contributed by atoms with Crippen molar-refractivity contribution in [2.75, 3.05) is 32.8 Å². The van der Waals surface area contributed by atoms with Crippen LogP contribution < -0.4 is 11.1 Å². The number of morpholine rings is 1. The average molecular weight is 269 g/mol. The highest BCUT2D eigenvalue weighted by Crippen LogP contribution is 2.26. The van der Waals surface area contributed by atoms with Crippen molar-refractivity contribution in [3.63, 3.8) is 0 Å². The topological polar surface area (TPSA) is 67.6 Å². The Hall–Kier alpha value is -0.650. The van der Waals surface area contributed by atoms with E-state index in [4.69, 9.17) is 10.5 Å². The highest BCUT2D eigenvalue weighted by Gasteiger charge is 2.35. The van der Waals surface area contributed by atoms with Gasteiger partial charge in [0, 0.05) is 25.7 Å². The van der Waals surface area contributed by atoms with Gasteiger partial charge < -0.3 is 15.8 Å². The summed E-state index contributed by atoms with van der Waals surface area (Å²) in [7, 11) is 0. The summed E-state index contributed by atoms with van der Waals surface area (Å²) < 4.78 is 5.32. The first-order chi connectivity index (χ1) is 9.10. The van der Waals surface area contributed by atoms with Crippen molar-refractivity contribution in [2.45, 2.75) is 50.6 Å². The van der Waals surface area contributed by atoms with Crippen molar-refractivity contribution >= 4 is 5.91 Å². The molecule has 1 aliphatic carbocycles. The van der Waals surface area contributed by atoms with E-state index >= 15 is 0 Å². The molecule has 1 atom stereocenters. The van der Waals surface area contributed by atoms with Crippen LogP contribution in [0.4, 0.5) is 0 Å². The number of carbonyl (C=O) groups excluding carboxylic acids is 1. The maximum Gasteiger partial charge on any atom is 0.240 e. The van der Waals surface area contributed by atoms with Gasteiger partial charge in [0.1, 0.15) is 0 Å². The van der Waals surface area contributed by atoms with Crippen LogP contribution in [0.5, 0.6) is 0 Å². The molecule has 1 aliphatic heterocycles. The van der Waals surface area contributed by atoms with Crippen molar-refractivity contribution in [3.05, 3.63) is 0 Å². The lowest BCUT2D eigenvalue weighted by Crippen LogP contribution is -2.58. The molecule has 0 spiro atoms. The summed E-state index contributed by atoms with van der Waals surface area (Å²) in [5.41, 5.74) is 5.61. The molecule has 2 fully saturated rings. The first kappa shape index (κ1) is 14.8. The van der Waals surface area contributed by atoms with E-state index in [-0.39, 0.29) is 11.9 Å². The molecule has 3 N–H and O–H groups in total. The third-order valence-electron chi connectivity index (χ3n) is 4.21. The summed E-state index contributed by atoms with van der Waals surface area (Å²) in [6.07, 6.45) is 4.99. The van der Waals surface area contributed by atoms with E-state index in [2.05, 4.69) is 17.1 Å². The molecule has 1 heterocycles. The summed E-state index contributed by atoms with van der Waals surface area (Å²) in [4.78, 5) is 14.6. The summed E-state index contributed by atoms with van der Waals surface area (Å²) in [6, 6.07) is 0.146. The molecule has 1 saturated heterocycles. The second-order valence-corrected chi connectivity index (χ2v) is 6.00. The van der Waals surface area contributed by atoms with Crippen molar-refractivity contribution < 1.29 is 9.53 Å². The predicted octanol–water partition coefficient (Wildman–Crippen LogP) is 0.485. The van der Waals surface area contributed by atoms with E-state index < -0.39 is 5.54 Å². The lowest BCUT2D eigenvalue weighted by Gasteiger charge is -2.34. The van der Waals surface area contributed by atoms with Crippen LogP contribution in [0.3, 0.4) is 0 Å². The van der Waals surface area contributed by atoms with Gasteiger partial charge in [-0.1, -0.05) is 19.3 Å². The van der Waals surface area contributed by atoms with E-state index in [0.29, 0.717) is 0 Å². The van der Waals surface area contributed by atoms with Crippen LogP contribution in [-0.4, -0.2) is 55.2 Å². The van der Waals surface area contributed by atoms with Crippen LogP contribution in [0.15, 0.2) is 0 Å². The van der Waals surface area contributed by atoms with E-state index in [1.54, 1.807) is 0 Å². The van der Waals surface area contributed by atoms with Gasteiger partial charge in [0.25, 0.3) is 0 Å². The molecule has 2 rings (SSSR count). The lowest BCUT2D eigenvalue weighted by atomic mass is 9.82. The molecule has 0 aromatic heterocycles. The van der Waals surface area contributed by atoms with Gasteiger partial charge in [-0.25, -0.2) is 0 Å². The van der Waals surface area contributed by atoms with Crippen LogP contribution in [0, 0.1) is 0 Å². The number of amides is 1. The Kier molecular flexibility index (Phi) is 5.19. The largest absolute Gasteiger partial charge is 0.379 e.